The Morgan fingerprint density at radius 1 is 1.35 bits per heavy atom. The first-order chi connectivity index (χ1) is 8.24. The lowest BCUT2D eigenvalue weighted by Gasteiger charge is -2.02. The molecule has 2 aromatic rings. The van der Waals surface area contributed by atoms with Crippen LogP contribution < -0.4 is 5.73 Å². The minimum Gasteiger partial charge on any atom is -0.347 e. The number of fused-ring (bicyclic) bond motifs is 1. The van der Waals surface area contributed by atoms with Crippen molar-refractivity contribution in [1.82, 2.24) is 4.57 Å². The highest BCUT2D eigenvalue weighted by Gasteiger charge is 2.22. The molecule has 1 fully saturated rings. The van der Waals surface area contributed by atoms with Crippen LogP contribution in [-0.2, 0) is 13.0 Å². The quantitative estimate of drug-likeness (QED) is 0.857. The monoisotopic (exact) mass is 228 g/mol. The van der Waals surface area contributed by atoms with Gasteiger partial charge < -0.3 is 10.3 Å². The second kappa shape index (κ2) is 4.19. The first kappa shape index (κ1) is 10.8. The van der Waals surface area contributed by atoms with Crippen LogP contribution in [0.1, 0.15) is 25.3 Å². The van der Waals surface area contributed by atoms with Crippen molar-refractivity contribution >= 4 is 10.9 Å². The average Bonchev–Trinajstić information content (AvgIpc) is 3.04. The summed E-state index contributed by atoms with van der Waals surface area (Å²) in [7, 11) is 0. The fourth-order valence-electron chi connectivity index (χ4n) is 2.56. The van der Waals surface area contributed by atoms with Crippen molar-refractivity contribution in [3.05, 3.63) is 36.0 Å². The molecule has 1 heterocycles. The van der Waals surface area contributed by atoms with Crippen LogP contribution in [0, 0.1) is 5.92 Å². The maximum absolute atomic E-state index is 5.93. The molecule has 0 radical (unpaired) electrons. The average molecular weight is 228 g/mol. The molecule has 0 amide bonds. The van der Waals surface area contributed by atoms with Crippen molar-refractivity contribution in [2.24, 2.45) is 11.7 Å². The molecule has 1 unspecified atom stereocenters. The van der Waals surface area contributed by atoms with E-state index in [1.165, 1.54) is 35.9 Å². The Kier molecular flexibility index (Phi) is 2.67. The molecule has 17 heavy (non-hydrogen) atoms. The number of nitrogens with two attached hydrogens (primary N) is 1. The smallest absolute Gasteiger partial charge is 0.0483 e. The molecule has 1 aromatic heterocycles. The van der Waals surface area contributed by atoms with Gasteiger partial charge in [0.2, 0.25) is 0 Å². The van der Waals surface area contributed by atoms with Gasteiger partial charge in [-0.25, -0.2) is 0 Å². The fourth-order valence-corrected chi connectivity index (χ4v) is 2.56. The molecule has 90 valence electrons. The second-order valence-corrected chi connectivity index (χ2v) is 5.45. The van der Waals surface area contributed by atoms with Gasteiger partial charge in [0, 0.05) is 29.7 Å². The van der Waals surface area contributed by atoms with Crippen LogP contribution in [0.4, 0.5) is 0 Å². The van der Waals surface area contributed by atoms with Gasteiger partial charge in [-0.05, 0) is 43.7 Å². The number of benzene rings is 1. The van der Waals surface area contributed by atoms with Crippen molar-refractivity contribution in [2.75, 3.05) is 0 Å². The molecule has 1 aromatic carbocycles. The summed E-state index contributed by atoms with van der Waals surface area (Å²) >= 11 is 0. The number of nitrogens with zero attached hydrogens (tertiary/aromatic N) is 1. The van der Waals surface area contributed by atoms with Gasteiger partial charge in [0.15, 0.2) is 0 Å². The summed E-state index contributed by atoms with van der Waals surface area (Å²) in [6.45, 7) is 3.26. The minimum absolute atomic E-state index is 0.232. The normalized spacial score (nSPS) is 17.5. The Labute approximate surface area is 102 Å². The third kappa shape index (κ3) is 2.22. The highest BCUT2D eigenvalue weighted by Crippen LogP contribution is 2.33. The van der Waals surface area contributed by atoms with Crippen LogP contribution in [0.25, 0.3) is 10.9 Å². The Bertz CT molecular complexity index is 483. The van der Waals surface area contributed by atoms with E-state index >= 15 is 0 Å². The van der Waals surface area contributed by atoms with Gasteiger partial charge >= 0.3 is 0 Å². The third-order valence-corrected chi connectivity index (χ3v) is 3.56. The molecule has 1 atom stereocenters. The highest BCUT2D eigenvalue weighted by atomic mass is 15.0. The summed E-state index contributed by atoms with van der Waals surface area (Å²) in [5.41, 5.74) is 8.70. The first-order valence-electron chi connectivity index (χ1n) is 6.56. The number of hydrogen-bond donors (Lipinski definition) is 1. The van der Waals surface area contributed by atoms with E-state index in [4.69, 9.17) is 5.73 Å². The summed E-state index contributed by atoms with van der Waals surface area (Å²) in [6, 6.07) is 8.92. The predicted molar refractivity (Wildman–Crippen MR) is 72.0 cm³/mol. The van der Waals surface area contributed by atoms with E-state index < -0.39 is 0 Å². The Morgan fingerprint density at radius 2 is 2.12 bits per heavy atom. The molecular formula is C15H20N2. The summed E-state index contributed by atoms with van der Waals surface area (Å²) in [4.78, 5) is 0. The zero-order chi connectivity index (χ0) is 11.8. The molecular weight excluding hydrogens is 208 g/mol. The summed E-state index contributed by atoms with van der Waals surface area (Å²) in [5.74, 6) is 0.911. The van der Waals surface area contributed by atoms with Crippen molar-refractivity contribution in [3.8, 4) is 0 Å². The van der Waals surface area contributed by atoms with Crippen molar-refractivity contribution < 1.29 is 0 Å². The number of rotatable bonds is 4. The van der Waals surface area contributed by atoms with E-state index in [9.17, 15) is 0 Å². The van der Waals surface area contributed by atoms with Gasteiger partial charge in [-0.2, -0.15) is 0 Å². The van der Waals surface area contributed by atoms with E-state index in [1.54, 1.807) is 0 Å². The van der Waals surface area contributed by atoms with Gasteiger partial charge in [0.25, 0.3) is 0 Å². The van der Waals surface area contributed by atoms with E-state index in [2.05, 4.69) is 42.0 Å². The molecule has 1 aliphatic rings. The van der Waals surface area contributed by atoms with Crippen LogP contribution in [-0.4, -0.2) is 10.6 Å². The lowest BCUT2D eigenvalue weighted by molar-refractivity contribution is 0.642. The SMILES string of the molecule is CC(N)Cc1cn(CC2CC2)c2ccccc12. The third-order valence-electron chi connectivity index (χ3n) is 3.56. The molecule has 1 saturated carbocycles. The van der Waals surface area contributed by atoms with Crippen molar-refractivity contribution in [2.45, 2.75) is 38.8 Å². The zero-order valence-electron chi connectivity index (χ0n) is 10.4. The number of aromatic nitrogens is 1. The topological polar surface area (TPSA) is 30.9 Å². The fraction of sp³-hybridized carbons (Fsp3) is 0.467. The van der Waals surface area contributed by atoms with Gasteiger partial charge in [0.1, 0.15) is 0 Å². The number of para-hydroxylation sites is 1. The molecule has 2 N–H and O–H groups in total. The van der Waals surface area contributed by atoms with Crippen LogP contribution in [0.5, 0.6) is 0 Å². The minimum atomic E-state index is 0.232. The van der Waals surface area contributed by atoms with Gasteiger partial charge in [0.05, 0.1) is 0 Å². The highest BCUT2D eigenvalue weighted by molar-refractivity contribution is 5.84. The molecule has 2 nitrogen and oxygen atoms in total. The zero-order valence-corrected chi connectivity index (χ0v) is 10.4. The molecule has 0 aliphatic heterocycles. The van der Waals surface area contributed by atoms with Gasteiger partial charge in [-0.15, -0.1) is 0 Å². The van der Waals surface area contributed by atoms with E-state index in [0.29, 0.717) is 0 Å². The second-order valence-electron chi connectivity index (χ2n) is 5.45. The van der Waals surface area contributed by atoms with E-state index in [0.717, 1.165) is 12.3 Å². The van der Waals surface area contributed by atoms with E-state index in [-0.39, 0.29) is 6.04 Å². The lowest BCUT2D eigenvalue weighted by atomic mass is 10.1. The Balaban J connectivity index is 2.02. The largest absolute Gasteiger partial charge is 0.347 e. The maximum Gasteiger partial charge on any atom is 0.0483 e. The predicted octanol–water partition coefficient (Wildman–Crippen LogP) is 2.94. The summed E-state index contributed by atoms with van der Waals surface area (Å²) in [5, 5.41) is 1.38. The lowest BCUT2D eigenvalue weighted by Crippen LogP contribution is -2.17. The number of hydrogen-bond acceptors (Lipinski definition) is 1. The standard InChI is InChI=1S/C15H20N2/c1-11(16)8-13-10-17(9-12-6-7-12)15-5-3-2-4-14(13)15/h2-5,10-12H,6-9,16H2,1H3. The van der Waals surface area contributed by atoms with Crippen molar-refractivity contribution in [3.63, 3.8) is 0 Å². The van der Waals surface area contributed by atoms with Crippen molar-refractivity contribution in [1.29, 1.82) is 0 Å². The van der Waals surface area contributed by atoms with Gasteiger partial charge in [-0.3, -0.25) is 0 Å². The first-order valence-corrected chi connectivity index (χ1v) is 6.56. The summed E-state index contributed by atoms with van der Waals surface area (Å²) in [6.07, 6.45) is 6.08. The molecule has 0 bridgehead atoms. The maximum atomic E-state index is 5.93. The Morgan fingerprint density at radius 3 is 2.82 bits per heavy atom. The molecule has 2 heteroatoms. The van der Waals surface area contributed by atoms with E-state index in [1.807, 2.05) is 0 Å². The summed E-state index contributed by atoms with van der Waals surface area (Å²) < 4.78 is 2.42. The molecule has 0 spiro atoms. The van der Waals surface area contributed by atoms with Crippen LogP contribution >= 0.6 is 0 Å². The molecule has 0 saturated heterocycles. The Hall–Kier alpha value is -1.28. The molecule has 1 aliphatic carbocycles. The van der Waals surface area contributed by atoms with Gasteiger partial charge in [-0.1, -0.05) is 18.2 Å². The van der Waals surface area contributed by atoms with Crippen LogP contribution in [0.15, 0.2) is 30.5 Å². The van der Waals surface area contributed by atoms with Crippen LogP contribution in [0.2, 0.25) is 0 Å². The molecule has 3 rings (SSSR count). The van der Waals surface area contributed by atoms with Crippen LogP contribution in [0.3, 0.4) is 0 Å².